The van der Waals surface area contributed by atoms with Crippen molar-refractivity contribution in [2.24, 2.45) is 7.05 Å². The third kappa shape index (κ3) is 2.34. The number of imidazole rings is 1. The number of para-hydroxylation sites is 2. The molecule has 0 saturated heterocycles. The van der Waals surface area contributed by atoms with Crippen molar-refractivity contribution in [3.8, 4) is 0 Å². The molecule has 0 aliphatic carbocycles. The zero-order chi connectivity index (χ0) is 20.4. The average molecular weight is 408 g/mol. The first-order chi connectivity index (χ1) is 14.6. The fourth-order valence-electron chi connectivity index (χ4n) is 4.51. The highest BCUT2D eigenvalue weighted by Crippen LogP contribution is 2.37. The normalized spacial score (nSPS) is 11.9. The predicted octanol–water partition coefficient (Wildman–Crippen LogP) is 5.48. The Kier molecular flexibility index (Phi) is 3.68. The maximum absolute atomic E-state index is 13.6. The minimum absolute atomic E-state index is 0.0392. The number of hydrogen-bond acceptors (Lipinski definition) is 2. The quantitative estimate of drug-likeness (QED) is 0.355. The van der Waals surface area contributed by atoms with Crippen LogP contribution in [-0.2, 0) is 7.05 Å². The fourth-order valence-corrected chi connectivity index (χ4v) is 5.45. The molecule has 0 radical (unpaired) electrons. The van der Waals surface area contributed by atoms with Gasteiger partial charge in [0.2, 0.25) is 0 Å². The second-order valence-corrected chi connectivity index (χ2v) is 8.88. The van der Waals surface area contributed by atoms with Crippen molar-refractivity contribution in [1.29, 1.82) is 0 Å². The van der Waals surface area contributed by atoms with Crippen molar-refractivity contribution in [3.05, 3.63) is 94.8 Å². The van der Waals surface area contributed by atoms with Crippen molar-refractivity contribution in [2.45, 2.75) is 16.7 Å². The lowest BCUT2D eigenvalue weighted by atomic mass is 10.0. The van der Waals surface area contributed by atoms with Crippen molar-refractivity contribution in [3.63, 3.8) is 0 Å². The van der Waals surface area contributed by atoms with Crippen molar-refractivity contribution >= 4 is 50.0 Å². The Morgan fingerprint density at radius 2 is 1.57 bits per heavy atom. The summed E-state index contributed by atoms with van der Waals surface area (Å²) in [6, 6.07) is 27.1. The Hall–Kier alpha value is -3.37. The molecule has 2 aromatic heterocycles. The predicted molar refractivity (Wildman–Crippen MR) is 124 cm³/mol. The van der Waals surface area contributed by atoms with Gasteiger partial charge in [-0.1, -0.05) is 53.7 Å². The van der Waals surface area contributed by atoms with Crippen LogP contribution >= 0.6 is 11.8 Å². The molecule has 0 N–H and O–H groups in total. The summed E-state index contributed by atoms with van der Waals surface area (Å²) in [4.78, 5) is 15.9. The van der Waals surface area contributed by atoms with Gasteiger partial charge in [0.1, 0.15) is 0 Å². The van der Waals surface area contributed by atoms with Gasteiger partial charge in [-0.3, -0.25) is 0 Å². The molecule has 30 heavy (non-hydrogen) atoms. The molecule has 0 amide bonds. The Balaban J connectivity index is 1.73. The van der Waals surface area contributed by atoms with Crippen LogP contribution in [0.1, 0.15) is 5.56 Å². The van der Waals surface area contributed by atoms with E-state index in [2.05, 4.69) is 66.1 Å². The number of pyridine rings is 1. The molecule has 0 bridgehead atoms. The van der Waals surface area contributed by atoms with Gasteiger partial charge < -0.3 is 0 Å². The third-order valence-electron chi connectivity index (χ3n) is 5.94. The van der Waals surface area contributed by atoms with Gasteiger partial charge in [-0.2, -0.15) is 4.40 Å². The van der Waals surface area contributed by atoms with Crippen molar-refractivity contribution in [1.82, 2.24) is 4.40 Å². The standard InChI is InChI=1S/C26H19N2OS/c1-16-10-12-17(13-11-16)30-23-15-14-20-24-18(23)6-5-7-19(24)25-27(2)21-8-3-4-9-22(21)28(25)26(20)29/h3-15H,1-2H3/q+1. The van der Waals surface area contributed by atoms with Gasteiger partial charge in [-0.05, 0) is 54.8 Å². The van der Waals surface area contributed by atoms with Crippen LogP contribution in [0.5, 0.6) is 0 Å². The summed E-state index contributed by atoms with van der Waals surface area (Å²) < 4.78 is 3.99. The van der Waals surface area contributed by atoms with Crippen LogP contribution < -0.4 is 10.1 Å². The summed E-state index contributed by atoms with van der Waals surface area (Å²) in [5, 5.41) is 4.04. The highest BCUT2D eigenvalue weighted by atomic mass is 32.2. The largest absolute Gasteiger partial charge is 0.347 e. The Morgan fingerprint density at radius 1 is 0.800 bits per heavy atom. The van der Waals surface area contributed by atoms with Crippen LogP contribution in [0, 0.1) is 6.92 Å². The van der Waals surface area contributed by atoms with E-state index < -0.39 is 0 Å². The molecule has 0 aliphatic rings. The number of hydrogen-bond donors (Lipinski definition) is 0. The lowest BCUT2D eigenvalue weighted by molar-refractivity contribution is -0.617. The second kappa shape index (κ2) is 6.31. The van der Waals surface area contributed by atoms with E-state index in [0.29, 0.717) is 0 Å². The number of aryl methyl sites for hydroxylation is 2. The maximum atomic E-state index is 13.6. The molecule has 6 aromatic rings. The fraction of sp³-hybridized carbons (Fsp3) is 0.0769. The Bertz CT molecular complexity index is 1650. The first kappa shape index (κ1) is 17.5. The van der Waals surface area contributed by atoms with E-state index >= 15 is 0 Å². The molecule has 0 spiro atoms. The monoisotopic (exact) mass is 407 g/mol. The summed E-state index contributed by atoms with van der Waals surface area (Å²) in [7, 11) is 2.04. The van der Waals surface area contributed by atoms with Crippen LogP contribution in [0.4, 0.5) is 0 Å². The van der Waals surface area contributed by atoms with Crippen LogP contribution in [0.25, 0.3) is 38.2 Å². The van der Waals surface area contributed by atoms with E-state index in [4.69, 9.17) is 0 Å². The first-order valence-corrected chi connectivity index (χ1v) is 10.8. The molecular formula is C26H19N2OS+. The molecule has 3 nitrogen and oxygen atoms in total. The lowest BCUT2D eigenvalue weighted by Gasteiger charge is -2.10. The first-order valence-electron chi connectivity index (χ1n) is 9.98. The molecule has 4 aromatic carbocycles. The maximum Gasteiger partial charge on any atom is 0.347 e. The average Bonchev–Trinajstić information content (AvgIpc) is 3.07. The summed E-state index contributed by atoms with van der Waals surface area (Å²) in [5.74, 6) is 0. The van der Waals surface area contributed by atoms with E-state index in [9.17, 15) is 4.79 Å². The van der Waals surface area contributed by atoms with Gasteiger partial charge in [0.15, 0.2) is 11.0 Å². The van der Waals surface area contributed by atoms with Gasteiger partial charge in [0.25, 0.3) is 5.65 Å². The molecule has 2 heterocycles. The topological polar surface area (TPSA) is 25.4 Å². The van der Waals surface area contributed by atoms with Gasteiger partial charge in [0, 0.05) is 15.2 Å². The Labute approximate surface area is 177 Å². The molecule has 6 rings (SSSR count). The molecule has 4 heteroatoms. The number of fused-ring (bicyclic) bond motifs is 4. The van der Waals surface area contributed by atoms with Gasteiger partial charge >= 0.3 is 5.56 Å². The highest BCUT2D eigenvalue weighted by molar-refractivity contribution is 7.99. The molecule has 0 unspecified atom stereocenters. The highest BCUT2D eigenvalue weighted by Gasteiger charge is 2.25. The van der Waals surface area contributed by atoms with E-state index in [0.717, 1.165) is 38.2 Å². The lowest BCUT2D eigenvalue weighted by Crippen LogP contribution is -2.29. The summed E-state index contributed by atoms with van der Waals surface area (Å²) >= 11 is 1.74. The zero-order valence-electron chi connectivity index (χ0n) is 16.7. The number of nitrogens with zero attached hydrogens (tertiary/aromatic N) is 2. The summed E-state index contributed by atoms with van der Waals surface area (Å²) in [6.07, 6.45) is 0. The summed E-state index contributed by atoms with van der Waals surface area (Å²) in [6.45, 7) is 2.10. The van der Waals surface area contributed by atoms with Gasteiger partial charge in [-0.25, -0.2) is 9.36 Å². The number of benzene rings is 4. The SMILES string of the molecule is Cc1ccc(Sc2ccc3c(=O)n4c5ccccc5[n+](C)c4c4cccc2c34)cc1. The molecule has 0 atom stereocenters. The van der Waals surface area contributed by atoms with Crippen LogP contribution in [0.3, 0.4) is 0 Å². The molecule has 144 valence electrons. The zero-order valence-corrected chi connectivity index (χ0v) is 17.5. The van der Waals surface area contributed by atoms with E-state index in [1.165, 1.54) is 15.4 Å². The van der Waals surface area contributed by atoms with Gasteiger partial charge in [0.05, 0.1) is 17.8 Å². The van der Waals surface area contributed by atoms with E-state index in [-0.39, 0.29) is 5.56 Å². The Morgan fingerprint density at radius 3 is 2.40 bits per heavy atom. The summed E-state index contributed by atoms with van der Waals surface area (Å²) in [5.41, 5.74) is 4.23. The molecule has 0 fully saturated rings. The van der Waals surface area contributed by atoms with E-state index in [1.807, 2.05) is 35.7 Å². The van der Waals surface area contributed by atoms with Crippen LogP contribution in [0.2, 0.25) is 0 Å². The van der Waals surface area contributed by atoms with Crippen molar-refractivity contribution < 1.29 is 4.57 Å². The number of rotatable bonds is 2. The smallest absolute Gasteiger partial charge is 0.240 e. The minimum Gasteiger partial charge on any atom is -0.240 e. The van der Waals surface area contributed by atoms with E-state index in [1.54, 1.807) is 11.8 Å². The van der Waals surface area contributed by atoms with Crippen LogP contribution in [0.15, 0.2) is 93.4 Å². The molecule has 0 saturated carbocycles. The minimum atomic E-state index is 0.0392. The molecule has 0 aliphatic heterocycles. The van der Waals surface area contributed by atoms with Crippen LogP contribution in [-0.4, -0.2) is 4.40 Å². The second-order valence-electron chi connectivity index (χ2n) is 7.77. The number of aromatic nitrogens is 2. The van der Waals surface area contributed by atoms with Gasteiger partial charge in [-0.15, -0.1) is 0 Å². The molecular weight excluding hydrogens is 388 g/mol. The third-order valence-corrected chi connectivity index (χ3v) is 7.02. The van der Waals surface area contributed by atoms with Crippen molar-refractivity contribution in [2.75, 3.05) is 0 Å².